The van der Waals surface area contributed by atoms with E-state index in [1.165, 1.54) is 12.3 Å². The molecule has 0 radical (unpaired) electrons. The van der Waals surface area contributed by atoms with Crippen LogP contribution in [-0.2, 0) is 6.18 Å². The summed E-state index contributed by atoms with van der Waals surface area (Å²) in [5.41, 5.74) is 1.18. The van der Waals surface area contributed by atoms with E-state index in [0.717, 1.165) is 12.1 Å². The molecule has 40 heavy (non-hydrogen) atoms. The maximum atomic E-state index is 13.1. The zero-order valence-corrected chi connectivity index (χ0v) is 22.0. The summed E-state index contributed by atoms with van der Waals surface area (Å²) in [5.74, 6) is 2.42. The summed E-state index contributed by atoms with van der Waals surface area (Å²) in [7, 11) is 0. The molecule has 0 saturated carbocycles. The van der Waals surface area contributed by atoms with Crippen LogP contribution in [0.5, 0.6) is 0 Å². The fourth-order valence-corrected chi connectivity index (χ4v) is 3.98. The second-order valence-corrected chi connectivity index (χ2v) is 9.13. The number of thiocarbonyl (C=S) groups is 1. The van der Waals surface area contributed by atoms with Gasteiger partial charge in [-0.15, -0.1) is 0 Å². The summed E-state index contributed by atoms with van der Waals surface area (Å²) < 4.78 is 44.7. The molecule has 0 aliphatic carbocycles. The lowest BCUT2D eigenvalue weighted by Gasteiger charge is -2.14. The first-order valence-electron chi connectivity index (χ1n) is 11.5. The van der Waals surface area contributed by atoms with Gasteiger partial charge in [0, 0.05) is 23.5 Å². The molecule has 5 N–H and O–H groups in total. The Morgan fingerprint density at radius 1 is 0.950 bits per heavy atom. The summed E-state index contributed by atoms with van der Waals surface area (Å²) in [6.45, 7) is 1.83. The van der Waals surface area contributed by atoms with Gasteiger partial charge in [0.2, 0.25) is 5.95 Å². The van der Waals surface area contributed by atoms with Crippen molar-refractivity contribution in [3.63, 3.8) is 0 Å². The monoisotopic (exact) mass is 585 g/mol. The molecule has 0 saturated heterocycles. The van der Waals surface area contributed by atoms with Crippen molar-refractivity contribution >= 4 is 63.7 Å². The Kier molecular flexibility index (Phi) is 7.53. The minimum Gasteiger partial charge on any atom is -0.463 e. The summed E-state index contributed by atoms with van der Waals surface area (Å²) in [4.78, 5) is 13.1. The predicted molar refractivity (Wildman–Crippen MR) is 150 cm³/mol. The molecule has 0 aliphatic heterocycles. The molecule has 0 atom stereocenters. The number of hydrogen-bond acceptors (Lipinski definition) is 8. The van der Waals surface area contributed by atoms with Crippen LogP contribution in [0.4, 0.5) is 47.9 Å². The average molecular weight is 586 g/mol. The molecule has 5 aromatic rings. The number of H-pyrrole nitrogens is 1. The number of rotatable bonds is 7. The predicted octanol–water partition coefficient (Wildman–Crippen LogP) is 7.13. The lowest BCUT2D eigenvalue weighted by Crippen LogP contribution is -2.20. The molecule has 1 aromatic carbocycles. The number of pyridine rings is 1. The third-order valence-electron chi connectivity index (χ3n) is 5.27. The zero-order chi connectivity index (χ0) is 28.3. The van der Waals surface area contributed by atoms with Crippen LogP contribution in [-0.4, -0.2) is 30.3 Å². The smallest absolute Gasteiger partial charge is 0.417 e. The molecule has 10 nitrogen and oxygen atoms in total. The number of aromatic amines is 1. The van der Waals surface area contributed by atoms with Crippen LogP contribution >= 0.6 is 23.8 Å². The van der Waals surface area contributed by atoms with Gasteiger partial charge >= 0.3 is 6.18 Å². The van der Waals surface area contributed by atoms with E-state index in [0.29, 0.717) is 46.2 Å². The average Bonchev–Trinajstić information content (AvgIpc) is 3.58. The molecule has 0 aliphatic rings. The fraction of sp³-hybridized carbons (Fsp3) is 0.0800. The van der Waals surface area contributed by atoms with Crippen LogP contribution in [0.2, 0.25) is 5.02 Å². The van der Waals surface area contributed by atoms with Gasteiger partial charge in [0.1, 0.15) is 17.3 Å². The van der Waals surface area contributed by atoms with Crippen LogP contribution < -0.4 is 21.3 Å². The number of hydrogen-bond donors (Lipinski definition) is 5. The SMILES string of the molecule is Cc1cc(Nc2cc(-c3ccco3)[nH]n2)nc(Nc2ccc(NC(=S)Nc3ccc(Cl)c(C(F)(F)F)c3)nc2)n1. The molecule has 5 rings (SSSR count). The van der Waals surface area contributed by atoms with Gasteiger partial charge in [-0.2, -0.15) is 23.3 Å². The van der Waals surface area contributed by atoms with Crippen LogP contribution in [0.3, 0.4) is 0 Å². The second-order valence-electron chi connectivity index (χ2n) is 8.32. The van der Waals surface area contributed by atoms with Crippen LogP contribution in [0.15, 0.2) is 71.5 Å². The number of aromatic nitrogens is 5. The van der Waals surface area contributed by atoms with Gasteiger partial charge in [-0.25, -0.2) is 9.97 Å². The standard InChI is InChI=1S/C25H19ClF3N9OS/c1-13-9-21(34-22-11-18(37-38-22)19-3-2-8-39-19)35-23(31-13)32-15-5-7-20(30-12-15)36-24(40)33-14-4-6-17(26)16(10-14)25(27,28)29/h2-12H,1H3,(H2,30,33,36,40)(H3,31,32,34,35,37,38). The summed E-state index contributed by atoms with van der Waals surface area (Å²) in [5, 5.41) is 18.5. The van der Waals surface area contributed by atoms with Gasteiger partial charge in [0.05, 0.1) is 28.7 Å². The number of alkyl halides is 3. The fourth-order valence-electron chi connectivity index (χ4n) is 3.53. The van der Waals surface area contributed by atoms with Gasteiger partial charge in [-0.3, -0.25) is 5.10 Å². The van der Waals surface area contributed by atoms with Gasteiger partial charge in [-0.1, -0.05) is 11.6 Å². The molecule has 4 aromatic heterocycles. The van der Waals surface area contributed by atoms with E-state index in [4.69, 9.17) is 28.2 Å². The van der Waals surface area contributed by atoms with Crippen LogP contribution in [0.1, 0.15) is 11.3 Å². The highest BCUT2D eigenvalue weighted by Gasteiger charge is 2.33. The van der Waals surface area contributed by atoms with E-state index in [9.17, 15) is 13.2 Å². The molecule has 0 fully saturated rings. The molecule has 4 heterocycles. The summed E-state index contributed by atoms with van der Waals surface area (Å²) in [6, 6.07) is 13.9. The van der Waals surface area contributed by atoms with Gasteiger partial charge in [-0.05, 0) is 61.6 Å². The van der Waals surface area contributed by atoms with Crippen molar-refractivity contribution in [1.82, 2.24) is 25.1 Å². The number of halogens is 4. The molecule has 0 unspecified atom stereocenters. The molecular formula is C25H19ClF3N9OS. The highest BCUT2D eigenvalue weighted by molar-refractivity contribution is 7.80. The number of nitrogens with one attached hydrogen (secondary N) is 5. The zero-order valence-electron chi connectivity index (χ0n) is 20.5. The van der Waals surface area contributed by atoms with Crippen LogP contribution in [0.25, 0.3) is 11.5 Å². The number of benzene rings is 1. The Labute approximate surface area is 235 Å². The Hall–Kier alpha value is -4.69. The third kappa shape index (κ3) is 6.65. The van der Waals surface area contributed by atoms with Gasteiger partial charge in [0.25, 0.3) is 0 Å². The second kappa shape index (κ2) is 11.2. The molecule has 0 bridgehead atoms. The Balaban J connectivity index is 1.20. The van der Waals surface area contributed by atoms with E-state index in [1.54, 1.807) is 36.6 Å². The third-order valence-corrected chi connectivity index (χ3v) is 5.80. The molecular weight excluding hydrogens is 567 g/mol. The van der Waals surface area contributed by atoms with Crippen molar-refractivity contribution in [3.05, 3.63) is 83.3 Å². The van der Waals surface area contributed by atoms with Crippen molar-refractivity contribution in [2.45, 2.75) is 13.1 Å². The van der Waals surface area contributed by atoms with E-state index in [1.807, 2.05) is 13.0 Å². The Morgan fingerprint density at radius 3 is 2.50 bits per heavy atom. The van der Waals surface area contributed by atoms with Crippen molar-refractivity contribution in [2.24, 2.45) is 0 Å². The molecule has 15 heteroatoms. The van der Waals surface area contributed by atoms with E-state index in [2.05, 4.69) is 46.4 Å². The molecule has 0 amide bonds. The van der Waals surface area contributed by atoms with E-state index in [-0.39, 0.29) is 10.8 Å². The number of nitrogens with zero attached hydrogens (tertiary/aromatic N) is 4. The van der Waals surface area contributed by atoms with Crippen molar-refractivity contribution in [1.29, 1.82) is 0 Å². The molecule has 204 valence electrons. The first kappa shape index (κ1) is 26.9. The van der Waals surface area contributed by atoms with Gasteiger partial charge in [0.15, 0.2) is 16.7 Å². The maximum Gasteiger partial charge on any atom is 0.417 e. The topological polar surface area (TPSA) is 129 Å². The van der Waals surface area contributed by atoms with Crippen molar-refractivity contribution in [3.8, 4) is 11.5 Å². The largest absolute Gasteiger partial charge is 0.463 e. The Bertz CT molecular complexity index is 1640. The minimum absolute atomic E-state index is 0.0509. The summed E-state index contributed by atoms with van der Waals surface area (Å²) in [6.07, 6.45) is -1.49. The molecule has 0 spiro atoms. The van der Waals surface area contributed by atoms with Crippen molar-refractivity contribution < 1.29 is 17.6 Å². The quantitative estimate of drug-likeness (QED) is 0.126. The first-order valence-corrected chi connectivity index (χ1v) is 12.3. The van der Waals surface area contributed by atoms with Gasteiger partial charge < -0.3 is 25.7 Å². The highest BCUT2D eigenvalue weighted by Crippen LogP contribution is 2.36. The number of aryl methyl sites for hydroxylation is 1. The summed E-state index contributed by atoms with van der Waals surface area (Å²) >= 11 is 10.9. The minimum atomic E-state index is -4.59. The highest BCUT2D eigenvalue weighted by atomic mass is 35.5. The first-order chi connectivity index (χ1) is 19.1. The lowest BCUT2D eigenvalue weighted by molar-refractivity contribution is -0.137. The van der Waals surface area contributed by atoms with E-state index < -0.39 is 16.8 Å². The Morgan fingerprint density at radius 2 is 1.77 bits per heavy atom. The number of anilines is 6. The van der Waals surface area contributed by atoms with E-state index >= 15 is 0 Å². The maximum absolute atomic E-state index is 13.1. The van der Waals surface area contributed by atoms with Crippen LogP contribution in [0, 0.1) is 6.92 Å². The lowest BCUT2D eigenvalue weighted by atomic mass is 10.2. The van der Waals surface area contributed by atoms with Crippen molar-refractivity contribution in [2.75, 3.05) is 21.3 Å². The number of furan rings is 1. The normalized spacial score (nSPS) is 11.2.